The number of anilines is 1. The molecule has 1 heterocycles. The number of hydrogen-bond donors (Lipinski definition) is 2. The van der Waals surface area contributed by atoms with Crippen molar-refractivity contribution < 1.29 is 28.7 Å². The van der Waals surface area contributed by atoms with E-state index in [0.717, 1.165) is 0 Å². The Kier molecular flexibility index (Phi) is 9.01. The van der Waals surface area contributed by atoms with E-state index < -0.39 is 23.4 Å². The molecule has 0 bridgehead atoms. The molecule has 3 amide bonds. The number of carbonyl (C=O) groups is 4. The highest BCUT2D eigenvalue weighted by Gasteiger charge is 2.26. The second-order valence-corrected chi connectivity index (χ2v) is 8.29. The number of para-hydroxylation sites is 1. The van der Waals surface area contributed by atoms with Crippen LogP contribution in [0.25, 0.3) is 0 Å². The normalized spacial score (nSPS) is 14.4. The van der Waals surface area contributed by atoms with E-state index in [-0.39, 0.29) is 30.5 Å². The van der Waals surface area contributed by atoms with E-state index in [9.17, 15) is 19.2 Å². The van der Waals surface area contributed by atoms with E-state index in [1.54, 1.807) is 24.0 Å². The van der Waals surface area contributed by atoms with Crippen LogP contribution in [0.2, 0.25) is 0 Å². The van der Waals surface area contributed by atoms with Gasteiger partial charge in [0.2, 0.25) is 0 Å². The fourth-order valence-corrected chi connectivity index (χ4v) is 3.05. The number of nitrogens with zero attached hydrogens (tertiary/aromatic N) is 2. The number of benzene rings is 1. The number of ether oxygens (including phenoxy) is 2. The number of rotatable bonds is 6. The first-order valence-corrected chi connectivity index (χ1v) is 10.7. The molecule has 1 aromatic carbocycles. The SMILES string of the molecule is CCOC(=O)c1ccccc1NC(=O)C(=O)NCCN1CCN(C(=O)OC(C)(C)C)CC1. The van der Waals surface area contributed by atoms with Crippen LogP contribution in [-0.2, 0) is 19.1 Å². The van der Waals surface area contributed by atoms with Gasteiger partial charge >= 0.3 is 23.9 Å². The number of amides is 3. The van der Waals surface area contributed by atoms with Gasteiger partial charge in [-0.15, -0.1) is 0 Å². The lowest BCUT2D eigenvalue weighted by Gasteiger charge is -2.35. The third-order valence-corrected chi connectivity index (χ3v) is 4.61. The van der Waals surface area contributed by atoms with Crippen LogP contribution in [0.3, 0.4) is 0 Å². The molecule has 2 rings (SSSR count). The maximum atomic E-state index is 12.2. The zero-order valence-electron chi connectivity index (χ0n) is 19.1. The van der Waals surface area contributed by atoms with Crippen molar-refractivity contribution in [3.8, 4) is 0 Å². The summed E-state index contributed by atoms with van der Waals surface area (Å²) < 4.78 is 10.3. The van der Waals surface area contributed by atoms with Crippen molar-refractivity contribution in [3.05, 3.63) is 29.8 Å². The topological polar surface area (TPSA) is 117 Å². The Balaban J connectivity index is 1.75. The molecule has 10 nitrogen and oxygen atoms in total. The van der Waals surface area contributed by atoms with E-state index >= 15 is 0 Å². The van der Waals surface area contributed by atoms with Gasteiger partial charge < -0.3 is 25.0 Å². The highest BCUT2D eigenvalue weighted by Crippen LogP contribution is 2.16. The predicted molar refractivity (Wildman–Crippen MR) is 118 cm³/mol. The van der Waals surface area contributed by atoms with E-state index in [4.69, 9.17) is 9.47 Å². The molecule has 0 radical (unpaired) electrons. The Hall–Kier alpha value is -3.14. The molecule has 32 heavy (non-hydrogen) atoms. The molecule has 0 spiro atoms. The molecule has 0 aliphatic carbocycles. The van der Waals surface area contributed by atoms with Crippen LogP contribution < -0.4 is 10.6 Å². The van der Waals surface area contributed by atoms with E-state index in [2.05, 4.69) is 15.5 Å². The van der Waals surface area contributed by atoms with Crippen molar-refractivity contribution in [2.24, 2.45) is 0 Å². The maximum Gasteiger partial charge on any atom is 0.410 e. The van der Waals surface area contributed by atoms with Gasteiger partial charge in [-0.25, -0.2) is 9.59 Å². The zero-order valence-corrected chi connectivity index (χ0v) is 19.1. The number of piperazine rings is 1. The summed E-state index contributed by atoms with van der Waals surface area (Å²) in [5, 5.41) is 5.03. The second-order valence-electron chi connectivity index (χ2n) is 8.29. The fraction of sp³-hybridized carbons (Fsp3) is 0.545. The largest absolute Gasteiger partial charge is 0.462 e. The van der Waals surface area contributed by atoms with Gasteiger partial charge in [0.25, 0.3) is 0 Å². The molecule has 176 valence electrons. The molecule has 1 aliphatic rings. The molecule has 0 saturated carbocycles. The van der Waals surface area contributed by atoms with Gasteiger partial charge in [0.05, 0.1) is 17.9 Å². The van der Waals surface area contributed by atoms with Gasteiger partial charge in [-0.05, 0) is 39.8 Å². The first kappa shape index (κ1) is 25.1. The molecular formula is C22H32N4O6. The molecule has 0 aromatic heterocycles. The minimum absolute atomic E-state index is 0.179. The van der Waals surface area contributed by atoms with Crippen LogP contribution in [0.15, 0.2) is 24.3 Å². The average molecular weight is 449 g/mol. The van der Waals surface area contributed by atoms with Crippen molar-refractivity contribution in [1.82, 2.24) is 15.1 Å². The molecular weight excluding hydrogens is 416 g/mol. The van der Waals surface area contributed by atoms with Crippen molar-refractivity contribution in [1.29, 1.82) is 0 Å². The number of carbonyl (C=O) groups excluding carboxylic acids is 4. The Bertz CT molecular complexity index is 828. The average Bonchev–Trinajstić information content (AvgIpc) is 2.73. The summed E-state index contributed by atoms with van der Waals surface area (Å²) in [6.45, 7) is 10.6. The van der Waals surface area contributed by atoms with Gasteiger partial charge in [0.1, 0.15) is 5.60 Å². The standard InChI is InChI=1S/C22H32N4O6/c1-5-31-20(29)16-8-6-7-9-17(16)24-19(28)18(27)23-10-11-25-12-14-26(15-13-25)21(30)32-22(2,3)4/h6-9H,5,10-15H2,1-4H3,(H,23,27)(H,24,28). The first-order valence-electron chi connectivity index (χ1n) is 10.7. The van der Waals surface area contributed by atoms with Crippen molar-refractivity contribution >= 4 is 29.6 Å². The minimum atomic E-state index is -0.864. The van der Waals surface area contributed by atoms with E-state index in [1.165, 1.54) is 12.1 Å². The first-order chi connectivity index (χ1) is 15.1. The van der Waals surface area contributed by atoms with Gasteiger partial charge in [-0.2, -0.15) is 0 Å². The molecule has 0 unspecified atom stereocenters. The molecule has 1 fully saturated rings. The van der Waals surface area contributed by atoms with Crippen LogP contribution in [0.1, 0.15) is 38.1 Å². The van der Waals surface area contributed by atoms with Crippen LogP contribution in [0.4, 0.5) is 10.5 Å². The smallest absolute Gasteiger partial charge is 0.410 e. The van der Waals surface area contributed by atoms with E-state index in [1.807, 2.05) is 20.8 Å². The quantitative estimate of drug-likeness (QED) is 0.500. The third-order valence-electron chi connectivity index (χ3n) is 4.61. The number of hydrogen-bond acceptors (Lipinski definition) is 7. The van der Waals surface area contributed by atoms with E-state index in [0.29, 0.717) is 32.7 Å². The Morgan fingerprint density at radius 2 is 1.66 bits per heavy atom. The molecule has 0 atom stereocenters. The summed E-state index contributed by atoms with van der Waals surface area (Å²) in [5.41, 5.74) is -0.140. The summed E-state index contributed by atoms with van der Waals surface area (Å²) >= 11 is 0. The summed E-state index contributed by atoms with van der Waals surface area (Å²) in [6, 6.07) is 6.34. The lowest BCUT2D eigenvalue weighted by Crippen LogP contribution is -2.51. The van der Waals surface area contributed by atoms with Gasteiger partial charge in [0, 0.05) is 39.3 Å². The second kappa shape index (κ2) is 11.5. The van der Waals surface area contributed by atoms with Gasteiger partial charge in [-0.1, -0.05) is 12.1 Å². The minimum Gasteiger partial charge on any atom is -0.462 e. The number of esters is 1. The Labute approximate surface area is 188 Å². The fourth-order valence-electron chi connectivity index (χ4n) is 3.05. The van der Waals surface area contributed by atoms with Crippen molar-refractivity contribution in [2.45, 2.75) is 33.3 Å². The van der Waals surface area contributed by atoms with Crippen molar-refractivity contribution in [2.75, 3.05) is 51.2 Å². The molecule has 1 aromatic rings. The Morgan fingerprint density at radius 1 is 1.00 bits per heavy atom. The molecule has 2 N–H and O–H groups in total. The van der Waals surface area contributed by atoms with Gasteiger partial charge in [-0.3, -0.25) is 14.5 Å². The zero-order chi connectivity index (χ0) is 23.7. The monoisotopic (exact) mass is 448 g/mol. The van der Waals surface area contributed by atoms with Crippen molar-refractivity contribution in [3.63, 3.8) is 0 Å². The molecule has 1 aliphatic heterocycles. The van der Waals surface area contributed by atoms with Crippen LogP contribution in [-0.4, -0.2) is 85.2 Å². The maximum absolute atomic E-state index is 12.2. The third kappa shape index (κ3) is 7.84. The molecule has 1 saturated heterocycles. The number of nitrogens with one attached hydrogen (secondary N) is 2. The lowest BCUT2D eigenvalue weighted by molar-refractivity contribution is -0.136. The summed E-state index contributed by atoms with van der Waals surface area (Å²) in [5.74, 6) is -2.23. The Morgan fingerprint density at radius 3 is 2.28 bits per heavy atom. The van der Waals surface area contributed by atoms with Crippen LogP contribution in [0, 0.1) is 0 Å². The highest BCUT2D eigenvalue weighted by molar-refractivity contribution is 6.40. The van der Waals surface area contributed by atoms with Gasteiger partial charge in [0.15, 0.2) is 0 Å². The molecule has 10 heteroatoms. The summed E-state index contributed by atoms with van der Waals surface area (Å²) in [4.78, 5) is 52.2. The summed E-state index contributed by atoms with van der Waals surface area (Å²) in [6.07, 6.45) is -0.328. The highest BCUT2D eigenvalue weighted by atomic mass is 16.6. The van der Waals surface area contributed by atoms with Crippen LogP contribution >= 0.6 is 0 Å². The summed E-state index contributed by atoms with van der Waals surface area (Å²) in [7, 11) is 0. The lowest BCUT2D eigenvalue weighted by atomic mass is 10.2. The van der Waals surface area contributed by atoms with Crippen LogP contribution in [0.5, 0.6) is 0 Å². The predicted octanol–water partition coefficient (Wildman–Crippen LogP) is 1.47.